The van der Waals surface area contributed by atoms with Crippen molar-refractivity contribution in [1.82, 2.24) is 0 Å². The quantitative estimate of drug-likeness (QED) is 0.455. The average molecular weight is 241 g/mol. The highest BCUT2D eigenvalue weighted by Crippen LogP contribution is 2.23. The van der Waals surface area contributed by atoms with E-state index in [0.29, 0.717) is 31.6 Å². The van der Waals surface area contributed by atoms with Crippen LogP contribution in [0.2, 0.25) is 0 Å². The van der Waals surface area contributed by atoms with Crippen LogP contribution in [0, 0.1) is 0 Å². The molecule has 17 heavy (non-hydrogen) atoms. The summed E-state index contributed by atoms with van der Waals surface area (Å²) in [5, 5.41) is 13.7. The van der Waals surface area contributed by atoms with Gasteiger partial charge < -0.3 is 14.7 Å². The molecule has 0 aliphatic carbocycles. The molecule has 0 aromatic rings. The first-order valence-corrected chi connectivity index (χ1v) is 5.96. The Bertz CT molecular complexity index is 346. The molecule has 1 aliphatic heterocycles. The summed E-state index contributed by atoms with van der Waals surface area (Å²) in [5.74, 6) is -0.464. The van der Waals surface area contributed by atoms with Crippen LogP contribution in [0.1, 0.15) is 40.0 Å². The van der Waals surface area contributed by atoms with E-state index in [1.54, 1.807) is 6.92 Å². The fraction of sp³-hybridized carbons (Fsp3) is 0.667. The molecule has 5 nitrogen and oxygen atoms in total. The predicted molar refractivity (Wildman–Crippen MR) is 63.8 cm³/mol. The van der Waals surface area contributed by atoms with E-state index in [0.717, 1.165) is 0 Å². The fourth-order valence-electron chi connectivity index (χ4n) is 1.63. The second kappa shape index (κ2) is 6.27. The number of carbonyl (C=O) groups is 1. The number of esters is 1. The van der Waals surface area contributed by atoms with Gasteiger partial charge >= 0.3 is 5.97 Å². The molecule has 0 aromatic heterocycles. The Morgan fingerprint density at radius 2 is 2.24 bits per heavy atom. The van der Waals surface area contributed by atoms with Gasteiger partial charge in [0.1, 0.15) is 24.0 Å². The number of hydrogen-bond acceptors (Lipinski definition) is 5. The second-order valence-electron chi connectivity index (χ2n) is 3.77. The van der Waals surface area contributed by atoms with Crippen molar-refractivity contribution in [1.29, 1.82) is 0 Å². The van der Waals surface area contributed by atoms with Gasteiger partial charge in [0.05, 0.1) is 5.71 Å². The SMILES string of the molecule is CCON=C(CC)C1=C(O)CC(CC)OC1=O. The Balaban J connectivity index is 2.97. The summed E-state index contributed by atoms with van der Waals surface area (Å²) in [6.07, 6.45) is 1.30. The van der Waals surface area contributed by atoms with Gasteiger partial charge in [-0.05, 0) is 19.8 Å². The first-order valence-electron chi connectivity index (χ1n) is 5.96. The van der Waals surface area contributed by atoms with Gasteiger partial charge in [-0.2, -0.15) is 0 Å². The maximum Gasteiger partial charge on any atom is 0.343 e. The molecule has 1 atom stereocenters. The van der Waals surface area contributed by atoms with Crippen molar-refractivity contribution >= 4 is 11.7 Å². The van der Waals surface area contributed by atoms with Crippen molar-refractivity contribution in [3.8, 4) is 0 Å². The number of aliphatic hydroxyl groups excluding tert-OH is 1. The molecule has 0 bridgehead atoms. The zero-order chi connectivity index (χ0) is 12.8. The number of oxime groups is 1. The van der Waals surface area contributed by atoms with Crippen molar-refractivity contribution in [3.05, 3.63) is 11.3 Å². The maximum absolute atomic E-state index is 11.8. The highest BCUT2D eigenvalue weighted by atomic mass is 16.6. The molecule has 0 amide bonds. The molecule has 1 unspecified atom stereocenters. The lowest BCUT2D eigenvalue weighted by Gasteiger charge is -2.23. The number of aliphatic hydroxyl groups is 1. The third kappa shape index (κ3) is 3.22. The van der Waals surface area contributed by atoms with Gasteiger partial charge in [0, 0.05) is 6.42 Å². The Morgan fingerprint density at radius 3 is 2.71 bits per heavy atom. The van der Waals surface area contributed by atoms with Crippen molar-refractivity contribution in [2.45, 2.75) is 46.1 Å². The third-order valence-electron chi connectivity index (χ3n) is 2.57. The van der Waals surface area contributed by atoms with E-state index in [4.69, 9.17) is 9.57 Å². The average Bonchev–Trinajstić information content (AvgIpc) is 2.32. The van der Waals surface area contributed by atoms with E-state index in [-0.39, 0.29) is 17.4 Å². The lowest BCUT2D eigenvalue weighted by Crippen LogP contribution is -2.29. The number of cyclic esters (lactones) is 1. The van der Waals surface area contributed by atoms with Crippen LogP contribution < -0.4 is 0 Å². The van der Waals surface area contributed by atoms with Crippen LogP contribution in [0.5, 0.6) is 0 Å². The zero-order valence-corrected chi connectivity index (χ0v) is 10.5. The number of rotatable bonds is 5. The van der Waals surface area contributed by atoms with E-state index < -0.39 is 5.97 Å². The van der Waals surface area contributed by atoms with Crippen LogP contribution in [0.15, 0.2) is 16.5 Å². The minimum atomic E-state index is -0.513. The summed E-state index contributed by atoms with van der Waals surface area (Å²) >= 11 is 0. The lowest BCUT2D eigenvalue weighted by molar-refractivity contribution is -0.146. The number of carbonyl (C=O) groups excluding carboxylic acids is 1. The van der Waals surface area contributed by atoms with Crippen LogP contribution in [0.3, 0.4) is 0 Å². The van der Waals surface area contributed by atoms with E-state index in [1.807, 2.05) is 13.8 Å². The van der Waals surface area contributed by atoms with Gasteiger partial charge in [-0.1, -0.05) is 19.0 Å². The van der Waals surface area contributed by atoms with E-state index in [1.165, 1.54) is 0 Å². The van der Waals surface area contributed by atoms with Gasteiger partial charge in [0.15, 0.2) is 0 Å². The van der Waals surface area contributed by atoms with Crippen molar-refractivity contribution in [2.24, 2.45) is 5.16 Å². The molecule has 1 rings (SSSR count). The predicted octanol–water partition coefficient (Wildman–Crippen LogP) is 2.33. The molecule has 0 aromatic carbocycles. The minimum absolute atomic E-state index is 0.0494. The smallest absolute Gasteiger partial charge is 0.343 e. The molecule has 0 saturated heterocycles. The van der Waals surface area contributed by atoms with Crippen LogP contribution in [-0.2, 0) is 14.4 Å². The molecule has 1 heterocycles. The molecular formula is C12H19NO4. The van der Waals surface area contributed by atoms with E-state index in [2.05, 4.69) is 5.16 Å². The summed E-state index contributed by atoms with van der Waals surface area (Å²) < 4.78 is 5.19. The lowest BCUT2D eigenvalue weighted by atomic mass is 10.00. The summed E-state index contributed by atoms with van der Waals surface area (Å²) in [5.41, 5.74) is 0.592. The largest absolute Gasteiger partial charge is 0.511 e. The number of hydrogen-bond donors (Lipinski definition) is 1. The summed E-state index contributed by atoms with van der Waals surface area (Å²) in [6.45, 7) is 5.98. The molecule has 96 valence electrons. The van der Waals surface area contributed by atoms with Crippen molar-refractivity contribution in [2.75, 3.05) is 6.61 Å². The van der Waals surface area contributed by atoms with Crippen LogP contribution in [0.4, 0.5) is 0 Å². The van der Waals surface area contributed by atoms with Gasteiger partial charge in [-0.25, -0.2) is 4.79 Å². The van der Waals surface area contributed by atoms with Gasteiger partial charge in [-0.3, -0.25) is 0 Å². The Hall–Kier alpha value is -1.52. The van der Waals surface area contributed by atoms with Crippen molar-refractivity contribution < 1.29 is 19.5 Å². The molecule has 0 radical (unpaired) electrons. The Kier molecular flexibility index (Phi) is 5.00. The number of ether oxygens (including phenoxy) is 1. The van der Waals surface area contributed by atoms with Crippen LogP contribution in [-0.4, -0.2) is 29.5 Å². The van der Waals surface area contributed by atoms with Crippen LogP contribution >= 0.6 is 0 Å². The van der Waals surface area contributed by atoms with Crippen molar-refractivity contribution in [3.63, 3.8) is 0 Å². The van der Waals surface area contributed by atoms with Gasteiger partial charge in [0.25, 0.3) is 0 Å². The topological polar surface area (TPSA) is 68.1 Å². The monoisotopic (exact) mass is 241 g/mol. The highest BCUT2D eigenvalue weighted by molar-refractivity contribution is 6.20. The minimum Gasteiger partial charge on any atom is -0.511 e. The Morgan fingerprint density at radius 1 is 1.53 bits per heavy atom. The zero-order valence-electron chi connectivity index (χ0n) is 10.5. The third-order valence-corrected chi connectivity index (χ3v) is 2.57. The normalized spacial score (nSPS) is 21.5. The second-order valence-corrected chi connectivity index (χ2v) is 3.77. The molecule has 0 spiro atoms. The summed E-state index contributed by atoms with van der Waals surface area (Å²) in [7, 11) is 0. The maximum atomic E-state index is 11.8. The molecule has 0 fully saturated rings. The molecule has 0 saturated carbocycles. The molecular weight excluding hydrogens is 222 g/mol. The highest BCUT2D eigenvalue weighted by Gasteiger charge is 2.31. The Labute approximate surface area is 101 Å². The van der Waals surface area contributed by atoms with Gasteiger partial charge in [0.2, 0.25) is 0 Å². The molecule has 1 N–H and O–H groups in total. The molecule has 5 heteroatoms. The van der Waals surface area contributed by atoms with Gasteiger partial charge in [-0.15, -0.1) is 0 Å². The molecule has 1 aliphatic rings. The summed E-state index contributed by atoms with van der Waals surface area (Å²) in [4.78, 5) is 16.7. The van der Waals surface area contributed by atoms with E-state index in [9.17, 15) is 9.90 Å². The fourth-order valence-corrected chi connectivity index (χ4v) is 1.63. The van der Waals surface area contributed by atoms with Crippen LogP contribution in [0.25, 0.3) is 0 Å². The van der Waals surface area contributed by atoms with E-state index >= 15 is 0 Å². The number of nitrogens with zero attached hydrogens (tertiary/aromatic N) is 1. The standard InChI is InChI=1S/C12H19NO4/c1-4-8-7-10(14)11(12(15)17-8)9(5-2)13-16-6-3/h8,14H,4-7H2,1-3H3. The summed E-state index contributed by atoms with van der Waals surface area (Å²) in [6, 6.07) is 0. The first-order chi connectivity index (χ1) is 8.13. The first kappa shape index (κ1) is 13.5.